The van der Waals surface area contributed by atoms with E-state index in [1.165, 1.54) is 17.1 Å². The molecular formula is C15H20N2OS. The average molecular weight is 276 g/mol. The van der Waals surface area contributed by atoms with Crippen molar-refractivity contribution in [3.05, 3.63) is 39.1 Å². The Kier molecular flexibility index (Phi) is 3.46. The van der Waals surface area contributed by atoms with Gasteiger partial charge in [-0.15, -0.1) is 11.3 Å². The van der Waals surface area contributed by atoms with Crippen molar-refractivity contribution in [2.45, 2.75) is 52.2 Å². The molecule has 0 aliphatic heterocycles. The molecule has 4 heteroatoms. The molecule has 0 bridgehead atoms. The summed E-state index contributed by atoms with van der Waals surface area (Å²) in [6.45, 7) is 5.15. The minimum atomic E-state index is -0.259. The Hall–Kier alpha value is -1.13. The maximum absolute atomic E-state index is 10.1. The molecule has 1 N–H and O–H groups in total. The highest BCUT2D eigenvalue weighted by molar-refractivity contribution is 7.09. The Morgan fingerprint density at radius 3 is 3.05 bits per heavy atom. The van der Waals surface area contributed by atoms with E-state index in [1.807, 2.05) is 6.92 Å². The molecule has 2 aromatic rings. The Balaban J connectivity index is 1.81. The summed E-state index contributed by atoms with van der Waals surface area (Å²) in [5.41, 5.74) is 4.93. The van der Waals surface area contributed by atoms with Crippen LogP contribution in [0.5, 0.6) is 0 Å². The van der Waals surface area contributed by atoms with Crippen LogP contribution >= 0.6 is 11.3 Å². The van der Waals surface area contributed by atoms with Gasteiger partial charge in [-0.3, -0.25) is 0 Å². The molecule has 0 amide bonds. The summed E-state index contributed by atoms with van der Waals surface area (Å²) >= 11 is 1.71. The Morgan fingerprint density at radius 2 is 2.32 bits per heavy atom. The number of aliphatic hydroxyl groups excluding tert-OH is 1. The van der Waals surface area contributed by atoms with Crippen LogP contribution in [0, 0.1) is 13.8 Å². The van der Waals surface area contributed by atoms with Crippen molar-refractivity contribution in [3.8, 4) is 0 Å². The van der Waals surface area contributed by atoms with Crippen LogP contribution < -0.4 is 0 Å². The molecule has 1 aliphatic carbocycles. The van der Waals surface area contributed by atoms with E-state index in [-0.39, 0.29) is 6.10 Å². The first-order valence-corrected chi connectivity index (χ1v) is 7.81. The van der Waals surface area contributed by atoms with E-state index < -0.39 is 0 Å². The van der Waals surface area contributed by atoms with Gasteiger partial charge in [-0.25, -0.2) is 4.98 Å². The van der Waals surface area contributed by atoms with Crippen molar-refractivity contribution in [3.63, 3.8) is 0 Å². The molecule has 1 unspecified atom stereocenters. The molecule has 102 valence electrons. The van der Waals surface area contributed by atoms with Gasteiger partial charge in [-0.2, -0.15) is 0 Å². The first-order chi connectivity index (χ1) is 9.15. The fourth-order valence-corrected chi connectivity index (χ4v) is 3.65. The van der Waals surface area contributed by atoms with Gasteiger partial charge in [0.2, 0.25) is 0 Å². The van der Waals surface area contributed by atoms with Crippen LogP contribution in [-0.4, -0.2) is 14.7 Å². The molecule has 0 radical (unpaired) electrons. The lowest BCUT2D eigenvalue weighted by Crippen LogP contribution is -2.13. The molecule has 1 atom stereocenters. The number of hydrogen-bond acceptors (Lipinski definition) is 3. The fourth-order valence-electron chi connectivity index (χ4n) is 3.00. The second-order valence-electron chi connectivity index (χ2n) is 5.36. The lowest BCUT2D eigenvalue weighted by atomic mass is 9.95. The van der Waals surface area contributed by atoms with Crippen LogP contribution in [0.4, 0.5) is 0 Å². The third-order valence-electron chi connectivity index (χ3n) is 3.96. The quantitative estimate of drug-likeness (QED) is 0.935. The molecule has 3 nitrogen and oxygen atoms in total. The molecule has 0 spiro atoms. The molecule has 2 heterocycles. The van der Waals surface area contributed by atoms with Gasteiger partial charge in [0.05, 0.1) is 16.8 Å². The van der Waals surface area contributed by atoms with E-state index >= 15 is 0 Å². The molecule has 0 fully saturated rings. The van der Waals surface area contributed by atoms with Gasteiger partial charge in [0, 0.05) is 35.3 Å². The maximum Gasteiger partial charge on any atom is 0.0897 e. The van der Waals surface area contributed by atoms with E-state index in [2.05, 4.69) is 27.9 Å². The normalized spacial score (nSPS) is 18.6. The number of hydrogen-bond donors (Lipinski definition) is 1. The van der Waals surface area contributed by atoms with Gasteiger partial charge in [-0.1, -0.05) is 0 Å². The standard InChI is InChI=1S/C15H20N2OS/c1-10-8-13-14(4-3-5-15(13)18)17(10)7-6-12-9-19-11(2)16-12/h8-9,15,18H,3-7H2,1-2H3. The van der Waals surface area contributed by atoms with E-state index in [0.717, 1.165) is 42.8 Å². The zero-order chi connectivity index (χ0) is 13.4. The summed E-state index contributed by atoms with van der Waals surface area (Å²) < 4.78 is 2.37. The molecule has 0 saturated heterocycles. The van der Waals surface area contributed by atoms with E-state index in [9.17, 15) is 5.11 Å². The van der Waals surface area contributed by atoms with Crippen LogP contribution in [0.25, 0.3) is 0 Å². The van der Waals surface area contributed by atoms with Crippen LogP contribution in [0.3, 0.4) is 0 Å². The molecule has 0 saturated carbocycles. The van der Waals surface area contributed by atoms with Crippen molar-refractivity contribution in [1.82, 2.24) is 9.55 Å². The van der Waals surface area contributed by atoms with Crippen LogP contribution in [0.2, 0.25) is 0 Å². The highest BCUT2D eigenvalue weighted by Gasteiger charge is 2.22. The van der Waals surface area contributed by atoms with Crippen LogP contribution in [0.1, 0.15) is 46.6 Å². The van der Waals surface area contributed by atoms with Gasteiger partial charge in [-0.05, 0) is 39.2 Å². The van der Waals surface area contributed by atoms with Gasteiger partial charge < -0.3 is 9.67 Å². The Morgan fingerprint density at radius 1 is 1.47 bits per heavy atom. The lowest BCUT2D eigenvalue weighted by Gasteiger charge is -2.20. The first kappa shape index (κ1) is 12.9. The number of fused-ring (bicyclic) bond motifs is 1. The molecule has 0 aromatic carbocycles. The topological polar surface area (TPSA) is 38.0 Å². The van der Waals surface area contributed by atoms with Crippen molar-refractivity contribution >= 4 is 11.3 Å². The summed E-state index contributed by atoms with van der Waals surface area (Å²) in [5, 5.41) is 13.3. The highest BCUT2D eigenvalue weighted by atomic mass is 32.1. The third kappa shape index (κ3) is 2.47. The predicted molar refractivity (Wildman–Crippen MR) is 77.6 cm³/mol. The maximum atomic E-state index is 10.1. The average Bonchev–Trinajstić information content (AvgIpc) is 2.92. The van der Waals surface area contributed by atoms with Gasteiger partial charge in [0.15, 0.2) is 0 Å². The van der Waals surface area contributed by atoms with Gasteiger partial charge in [0.1, 0.15) is 0 Å². The largest absolute Gasteiger partial charge is 0.388 e. The number of aliphatic hydroxyl groups is 1. The van der Waals surface area contributed by atoms with E-state index in [4.69, 9.17) is 0 Å². The molecular weight excluding hydrogens is 256 g/mol. The number of thiazole rings is 1. The summed E-state index contributed by atoms with van der Waals surface area (Å²) in [6, 6.07) is 2.16. The fraction of sp³-hybridized carbons (Fsp3) is 0.533. The van der Waals surface area contributed by atoms with Crippen LogP contribution in [0.15, 0.2) is 11.4 Å². The van der Waals surface area contributed by atoms with Crippen LogP contribution in [-0.2, 0) is 19.4 Å². The van der Waals surface area contributed by atoms with E-state index in [0.29, 0.717) is 0 Å². The SMILES string of the molecule is Cc1nc(CCn2c(C)cc3c2CCCC3O)cs1. The molecule has 3 rings (SSSR count). The first-order valence-electron chi connectivity index (χ1n) is 6.93. The summed E-state index contributed by atoms with van der Waals surface area (Å²) in [7, 11) is 0. The summed E-state index contributed by atoms with van der Waals surface area (Å²) in [6.07, 6.45) is 3.80. The molecule has 1 aliphatic rings. The zero-order valence-electron chi connectivity index (χ0n) is 11.5. The zero-order valence-corrected chi connectivity index (χ0v) is 12.3. The van der Waals surface area contributed by atoms with Crippen molar-refractivity contribution in [1.29, 1.82) is 0 Å². The summed E-state index contributed by atoms with van der Waals surface area (Å²) in [4.78, 5) is 4.52. The Bertz CT molecular complexity index is 585. The number of rotatable bonds is 3. The second kappa shape index (κ2) is 5.10. The van der Waals surface area contributed by atoms with Crippen molar-refractivity contribution < 1.29 is 5.11 Å². The second-order valence-corrected chi connectivity index (χ2v) is 6.42. The van der Waals surface area contributed by atoms with Gasteiger partial charge >= 0.3 is 0 Å². The number of aromatic nitrogens is 2. The number of aryl methyl sites for hydroxylation is 3. The minimum absolute atomic E-state index is 0.259. The summed E-state index contributed by atoms with van der Waals surface area (Å²) in [5.74, 6) is 0. The number of nitrogens with zero attached hydrogens (tertiary/aromatic N) is 2. The minimum Gasteiger partial charge on any atom is -0.388 e. The monoisotopic (exact) mass is 276 g/mol. The van der Waals surface area contributed by atoms with Gasteiger partial charge in [0.25, 0.3) is 0 Å². The highest BCUT2D eigenvalue weighted by Crippen LogP contribution is 2.32. The lowest BCUT2D eigenvalue weighted by molar-refractivity contribution is 0.155. The molecule has 2 aromatic heterocycles. The predicted octanol–water partition coefficient (Wildman–Crippen LogP) is 3.17. The van der Waals surface area contributed by atoms with Crippen molar-refractivity contribution in [2.24, 2.45) is 0 Å². The smallest absolute Gasteiger partial charge is 0.0897 e. The Labute approximate surface area is 117 Å². The van der Waals surface area contributed by atoms with E-state index in [1.54, 1.807) is 11.3 Å². The third-order valence-corrected chi connectivity index (χ3v) is 4.78. The molecule has 19 heavy (non-hydrogen) atoms. The van der Waals surface area contributed by atoms with Crippen molar-refractivity contribution in [2.75, 3.05) is 0 Å².